The number of rotatable bonds is 16. The molecule has 0 aromatic heterocycles. The van der Waals surface area contributed by atoms with Gasteiger partial charge in [-0.15, -0.1) is 6.58 Å². The Morgan fingerprint density at radius 1 is 1.17 bits per heavy atom. The maximum absolute atomic E-state index is 12.5. The molecule has 3 N–H and O–H groups in total. The van der Waals surface area contributed by atoms with Crippen molar-refractivity contribution in [1.29, 1.82) is 0 Å². The number of nitrogens with zero attached hydrogens (tertiary/aromatic N) is 1. The van der Waals surface area contributed by atoms with Gasteiger partial charge in [0, 0.05) is 37.7 Å². The number of unbranched alkanes of at least 4 members (excludes halogenated alkanes) is 2. The van der Waals surface area contributed by atoms with Crippen LogP contribution in [0.1, 0.15) is 91.0 Å². The Kier molecular flexibility index (Phi) is 13.0. The molecule has 46 heavy (non-hydrogen) atoms. The highest BCUT2D eigenvalue weighted by Crippen LogP contribution is 2.62. The maximum atomic E-state index is 12.5. The van der Waals surface area contributed by atoms with E-state index >= 15 is 0 Å². The van der Waals surface area contributed by atoms with E-state index in [4.69, 9.17) is 24.2 Å². The summed E-state index contributed by atoms with van der Waals surface area (Å²) in [5.74, 6) is 1.16. The summed E-state index contributed by atoms with van der Waals surface area (Å²) in [6.07, 6.45) is 9.29. The topological polar surface area (TPSA) is 119 Å². The molecule has 10 heteroatoms. The summed E-state index contributed by atoms with van der Waals surface area (Å²) in [6.45, 7) is 15.1. The van der Waals surface area contributed by atoms with Gasteiger partial charge in [0.25, 0.3) is 0 Å². The Bertz CT molecular complexity index is 1250. The predicted octanol–water partition coefficient (Wildman–Crippen LogP) is 6.98. The van der Waals surface area contributed by atoms with Gasteiger partial charge in [0.15, 0.2) is 0 Å². The van der Waals surface area contributed by atoms with Crippen LogP contribution in [0.3, 0.4) is 0 Å². The third kappa shape index (κ3) is 8.30. The number of allylic oxidation sites excluding steroid dienone is 1. The molecular weight excluding hydrogens is 604 g/mol. The van der Waals surface area contributed by atoms with Crippen LogP contribution in [-0.4, -0.2) is 70.8 Å². The van der Waals surface area contributed by atoms with Crippen molar-refractivity contribution in [1.82, 2.24) is 5.32 Å². The van der Waals surface area contributed by atoms with Crippen molar-refractivity contribution in [2.75, 3.05) is 32.1 Å². The first-order valence-electron chi connectivity index (χ1n) is 17.0. The smallest absolute Gasteiger partial charge is 0.412 e. The fourth-order valence-electron chi connectivity index (χ4n) is 7.22. The molecule has 1 amide bonds. The zero-order valence-corrected chi connectivity index (χ0v) is 29.1. The molecule has 0 spiro atoms. The van der Waals surface area contributed by atoms with Crippen LogP contribution in [0.5, 0.6) is 11.5 Å². The Morgan fingerprint density at radius 2 is 1.91 bits per heavy atom. The molecule has 1 heterocycles. The van der Waals surface area contributed by atoms with Crippen LogP contribution in [0.2, 0.25) is 0 Å². The predicted molar refractivity (Wildman–Crippen MR) is 184 cm³/mol. The van der Waals surface area contributed by atoms with Gasteiger partial charge in [-0.2, -0.15) is 11.8 Å². The lowest BCUT2D eigenvalue weighted by Gasteiger charge is -2.58. The summed E-state index contributed by atoms with van der Waals surface area (Å²) in [7, 11) is 0. The number of fused-ring (bicyclic) bond motifs is 2. The van der Waals surface area contributed by atoms with E-state index < -0.39 is 17.5 Å². The number of aliphatic hydroxyl groups excluding tert-OH is 2. The van der Waals surface area contributed by atoms with Gasteiger partial charge in [-0.1, -0.05) is 37.1 Å². The Morgan fingerprint density at radius 3 is 2.57 bits per heavy atom. The number of nitrogens with one attached hydrogen (secondary N) is 1. The molecule has 3 aliphatic rings. The molecule has 1 aromatic rings. The van der Waals surface area contributed by atoms with Crippen LogP contribution in [0.4, 0.5) is 4.79 Å². The average molecular weight is 659 g/mol. The summed E-state index contributed by atoms with van der Waals surface area (Å²) in [4.78, 5) is 18.6. The standard InChI is InChI=1S/C36H54N2O7S/c1-7-20-42-36-31(46-9-3)23-29(38-45-35(4,5)6)27-21-24(14-10-12-18-39)26(15-11-13-19-40)32(33(27)36)28-22-25(16-17-30(28)44-36)43-34(41)37-8-2/h7,16-17,21-22,24,26,31-33,39-40H,1,8-15,18-20,23H2,2-6H3,(H,37,41)/t24-,26+,31-,32+,33+,36+/m0/s1. The number of hydrogen-bond acceptors (Lipinski definition) is 9. The zero-order chi connectivity index (χ0) is 33.3. The van der Waals surface area contributed by atoms with Crippen LogP contribution < -0.4 is 14.8 Å². The number of carbonyl (C=O) groups excluding carboxylic acids is 1. The molecule has 1 aliphatic heterocycles. The molecule has 0 radical (unpaired) electrons. The van der Waals surface area contributed by atoms with Gasteiger partial charge < -0.3 is 34.6 Å². The monoisotopic (exact) mass is 658 g/mol. The van der Waals surface area contributed by atoms with Crippen LogP contribution in [0, 0.1) is 17.8 Å². The largest absolute Gasteiger partial charge is 0.460 e. The summed E-state index contributed by atoms with van der Waals surface area (Å²) < 4.78 is 19.6. The van der Waals surface area contributed by atoms with E-state index in [0.29, 0.717) is 25.3 Å². The number of aliphatic hydroxyl groups is 2. The molecule has 1 saturated carbocycles. The highest BCUT2D eigenvalue weighted by Gasteiger charge is 2.63. The van der Waals surface area contributed by atoms with Crippen molar-refractivity contribution >= 4 is 23.6 Å². The highest BCUT2D eigenvalue weighted by atomic mass is 32.2. The third-order valence-electron chi connectivity index (χ3n) is 8.95. The van der Waals surface area contributed by atoms with Gasteiger partial charge in [0.1, 0.15) is 17.1 Å². The Labute approximate surface area is 279 Å². The number of ether oxygens (including phenoxy) is 3. The van der Waals surface area contributed by atoms with E-state index in [9.17, 15) is 15.0 Å². The molecule has 1 aromatic carbocycles. The van der Waals surface area contributed by atoms with E-state index in [2.05, 4.69) is 24.9 Å². The van der Waals surface area contributed by atoms with Crippen molar-refractivity contribution in [3.8, 4) is 11.5 Å². The van der Waals surface area contributed by atoms with Crippen molar-refractivity contribution < 1.29 is 34.1 Å². The third-order valence-corrected chi connectivity index (χ3v) is 10.2. The summed E-state index contributed by atoms with van der Waals surface area (Å²) in [6, 6.07) is 5.64. The van der Waals surface area contributed by atoms with Gasteiger partial charge in [-0.05, 0) is 94.7 Å². The number of oxime groups is 1. The van der Waals surface area contributed by atoms with Gasteiger partial charge >= 0.3 is 6.09 Å². The van der Waals surface area contributed by atoms with E-state index in [1.165, 1.54) is 0 Å². The second-order valence-corrected chi connectivity index (χ2v) is 14.8. The fraction of sp³-hybridized carbons (Fsp3) is 0.667. The molecule has 4 rings (SSSR count). The first-order chi connectivity index (χ1) is 22.1. The summed E-state index contributed by atoms with van der Waals surface area (Å²) in [5, 5.41) is 26.9. The molecule has 256 valence electrons. The normalized spacial score (nSPS) is 27.6. The molecule has 0 unspecified atom stereocenters. The minimum atomic E-state index is -0.994. The fourth-order valence-corrected chi connectivity index (χ4v) is 8.39. The lowest BCUT2D eigenvalue weighted by atomic mass is 9.56. The molecule has 2 aliphatic carbocycles. The quantitative estimate of drug-likeness (QED) is 0.0989. The minimum absolute atomic E-state index is 0.0516. The van der Waals surface area contributed by atoms with Crippen LogP contribution in [0.25, 0.3) is 0 Å². The van der Waals surface area contributed by atoms with E-state index in [0.717, 1.165) is 66.9 Å². The summed E-state index contributed by atoms with van der Waals surface area (Å²) in [5.41, 5.74) is 2.52. The van der Waals surface area contributed by atoms with Crippen molar-refractivity contribution in [3.63, 3.8) is 0 Å². The highest BCUT2D eigenvalue weighted by molar-refractivity contribution is 8.00. The van der Waals surface area contributed by atoms with Gasteiger partial charge in [-0.25, -0.2) is 4.79 Å². The van der Waals surface area contributed by atoms with Crippen LogP contribution in [0.15, 0.2) is 47.7 Å². The lowest BCUT2D eigenvalue weighted by molar-refractivity contribution is -0.223. The van der Waals surface area contributed by atoms with E-state index in [-0.39, 0.29) is 42.1 Å². The molecular formula is C36H54N2O7S. The molecule has 9 nitrogen and oxygen atoms in total. The lowest BCUT2D eigenvalue weighted by Crippen LogP contribution is -2.64. The number of thioether (sulfide) groups is 1. The van der Waals surface area contributed by atoms with Gasteiger partial charge in [-0.3, -0.25) is 0 Å². The number of benzene rings is 1. The maximum Gasteiger partial charge on any atom is 0.412 e. The van der Waals surface area contributed by atoms with E-state index in [1.54, 1.807) is 12.1 Å². The van der Waals surface area contributed by atoms with Crippen LogP contribution >= 0.6 is 11.8 Å². The van der Waals surface area contributed by atoms with Crippen LogP contribution in [-0.2, 0) is 9.57 Å². The Balaban J connectivity index is 1.97. The van der Waals surface area contributed by atoms with Crippen molar-refractivity contribution in [3.05, 3.63) is 48.1 Å². The molecule has 1 fully saturated rings. The first-order valence-corrected chi connectivity index (χ1v) is 18.0. The second kappa shape index (κ2) is 16.5. The SMILES string of the molecule is C=CCO[C@@]12Oc3ccc(OC(=O)NCC)cc3[C@H]3[C@H](CCCCO)[C@@H](CCCCO)C=C(C(=NOC(C)(C)C)C[C@@H]1SCC)[C@H]32. The van der Waals surface area contributed by atoms with Gasteiger partial charge in [0.05, 0.1) is 23.5 Å². The Hall–Kier alpha value is -2.53. The first kappa shape index (κ1) is 36.3. The van der Waals surface area contributed by atoms with Gasteiger partial charge in [0.2, 0.25) is 5.79 Å². The van der Waals surface area contributed by atoms with Crippen molar-refractivity contribution in [2.24, 2.45) is 22.9 Å². The number of carbonyl (C=O) groups is 1. The molecule has 0 bridgehead atoms. The van der Waals surface area contributed by atoms with E-state index in [1.807, 2.05) is 51.6 Å². The zero-order valence-electron chi connectivity index (χ0n) is 28.3. The summed E-state index contributed by atoms with van der Waals surface area (Å²) >= 11 is 1.81. The molecule has 0 saturated heterocycles. The minimum Gasteiger partial charge on any atom is -0.460 e. The second-order valence-electron chi connectivity index (χ2n) is 13.3. The average Bonchev–Trinajstić information content (AvgIpc) is 3.01. The molecule has 6 atom stereocenters. The number of hydrogen-bond donors (Lipinski definition) is 3. The number of amides is 1. The van der Waals surface area contributed by atoms with Crippen molar-refractivity contribution in [2.45, 2.75) is 102 Å².